The molecule has 2 rings (SSSR count). The van der Waals surface area contributed by atoms with E-state index >= 15 is 0 Å². The molecule has 0 radical (unpaired) electrons. The second-order valence-electron chi connectivity index (χ2n) is 4.48. The molecule has 0 amide bonds. The van der Waals surface area contributed by atoms with Crippen molar-refractivity contribution >= 4 is 0 Å². The summed E-state index contributed by atoms with van der Waals surface area (Å²) in [5.41, 5.74) is 3.02. The molecule has 1 fully saturated rings. The molecular weight excluding hydrogens is 245 g/mol. The Hall–Kier alpha value is -1.27. The van der Waals surface area contributed by atoms with Crippen LogP contribution in [0.15, 0.2) is 24.3 Å². The molecular formula is C12H15F3N2O. The van der Waals surface area contributed by atoms with Gasteiger partial charge in [-0.1, -0.05) is 31.0 Å². The highest BCUT2D eigenvalue weighted by molar-refractivity contribution is 5.36. The summed E-state index contributed by atoms with van der Waals surface area (Å²) >= 11 is 0. The predicted octanol–water partition coefficient (Wildman–Crippen LogP) is 2.89. The van der Waals surface area contributed by atoms with Gasteiger partial charge in [0.2, 0.25) is 0 Å². The van der Waals surface area contributed by atoms with Crippen molar-refractivity contribution in [1.82, 2.24) is 5.43 Å². The largest absolute Gasteiger partial charge is 0.573 e. The Morgan fingerprint density at radius 2 is 2.00 bits per heavy atom. The average Bonchev–Trinajstić information content (AvgIpc) is 3.09. The summed E-state index contributed by atoms with van der Waals surface area (Å²) in [4.78, 5) is 0. The van der Waals surface area contributed by atoms with Crippen LogP contribution in [0.2, 0.25) is 0 Å². The van der Waals surface area contributed by atoms with Crippen LogP contribution < -0.4 is 16.0 Å². The first-order chi connectivity index (χ1) is 8.49. The number of benzene rings is 1. The van der Waals surface area contributed by atoms with Gasteiger partial charge in [0.1, 0.15) is 5.75 Å². The number of hydrogen-bond acceptors (Lipinski definition) is 3. The number of rotatable bonds is 5. The van der Waals surface area contributed by atoms with Gasteiger partial charge in [0.25, 0.3) is 0 Å². The molecule has 1 aromatic carbocycles. The van der Waals surface area contributed by atoms with Crippen LogP contribution >= 0.6 is 0 Å². The van der Waals surface area contributed by atoms with E-state index in [1.165, 1.54) is 12.1 Å². The lowest BCUT2D eigenvalue weighted by molar-refractivity contribution is -0.275. The first kappa shape index (κ1) is 13.2. The SMILES string of the molecule is NNC(CC1CC1)c1ccccc1OC(F)(F)F. The molecule has 0 heterocycles. The molecule has 1 aromatic rings. The van der Waals surface area contributed by atoms with E-state index < -0.39 is 6.36 Å². The summed E-state index contributed by atoms with van der Waals surface area (Å²) in [5, 5.41) is 0. The van der Waals surface area contributed by atoms with Gasteiger partial charge in [-0.05, 0) is 18.4 Å². The van der Waals surface area contributed by atoms with Crippen LogP contribution in [-0.4, -0.2) is 6.36 Å². The van der Waals surface area contributed by atoms with Gasteiger partial charge in [-0.15, -0.1) is 13.2 Å². The van der Waals surface area contributed by atoms with Crippen molar-refractivity contribution in [3.05, 3.63) is 29.8 Å². The Kier molecular flexibility index (Phi) is 3.77. The summed E-state index contributed by atoms with van der Waals surface area (Å²) in [6.07, 6.45) is -1.73. The van der Waals surface area contributed by atoms with E-state index in [2.05, 4.69) is 10.2 Å². The molecule has 1 aliphatic rings. The molecule has 3 N–H and O–H groups in total. The van der Waals surface area contributed by atoms with E-state index in [0.717, 1.165) is 19.3 Å². The van der Waals surface area contributed by atoms with Gasteiger partial charge in [0.05, 0.1) is 0 Å². The van der Waals surface area contributed by atoms with Crippen molar-refractivity contribution < 1.29 is 17.9 Å². The molecule has 0 aromatic heterocycles. The van der Waals surface area contributed by atoms with Crippen molar-refractivity contribution in [3.63, 3.8) is 0 Å². The number of para-hydroxylation sites is 1. The van der Waals surface area contributed by atoms with Gasteiger partial charge < -0.3 is 4.74 Å². The lowest BCUT2D eigenvalue weighted by Crippen LogP contribution is -2.29. The summed E-state index contributed by atoms with van der Waals surface area (Å²) < 4.78 is 40.9. The molecule has 1 aliphatic carbocycles. The second kappa shape index (κ2) is 5.16. The molecule has 0 saturated heterocycles. The van der Waals surface area contributed by atoms with Gasteiger partial charge in [0.15, 0.2) is 0 Å². The highest BCUT2D eigenvalue weighted by Crippen LogP contribution is 2.40. The number of nitrogens with one attached hydrogen (secondary N) is 1. The Balaban J connectivity index is 2.18. The Morgan fingerprint density at radius 1 is 1.33 bits per heavy atom. The monoisotopic (exact) mass is 260 g/mol. The summed E-state index contributed by atoms with van der Waals surface area (Å²) in [7, 11) is 0. The van der Waals surface area contributed by atoms with E-state index in [9.17, 15) is 13.2 Å². The van der Waals surface area contributed by atoms with Crippen molar-refractivity contribution in [2.75, 3.05) is 0 Å². The van der Waals surface area contributed by atoms with E-state index in [1.54, 1.807) is 12.1 Å². The zero-order valence-electron chi connectivity index (χ0n) is 9.70. The molecule has 3 nitrogen and oxygen atoms in total. The van der Waals surface area contributed by atoms with Gasteiger partial charge in [-0.3, -0.25) is 11.3 Å². The van der Waals surface area contributed by atoms with Crippen molar-refractivity contribution in [1.29, 1.82) is 0 Å². The highest BCUT2D eigenvalue weighted by atomic mass is 19.4. The molecule has 0 bridgehead atoms. The molecule has 6 heteroatoms. The number of alkyl halides is 3. The number of ether oxygens (including phenoxy) is 1. The fraction of sp³-hybridized carbons (Fsp3) is 0.500. The highest BCUT2D eigenvalue weighted by Gasteiger charge is 2.33. The van der Waals surface area contributed by atoms with Crippen molar-refractivity contribution in [2.24, 2.45) is 11.8 Å². The summed E-state index contributed by atoms with van der Waals surface area (Å²) in [6, 6.07) is 5.79. The first-order valence-electron chi connectivity index (χ1n) is 5.80. The minimum absolute atomic E-state index is 0.186. The zero-order chi connectivity index (χ0) is 13.2. The first-order valence-corrected chi connectivity index (χ1v) is 5.80. The molecule has 1 saturated carbocycles. The molecule has 0 aliphatic heterocycles. The maximum absolute atomic E-state index is 12.3. The summed E-state index contributed by atoms with van der Waals surface area (Å²) in [6.45, 7) is 0. The van der Waals surface area contributed by atoms with Crippen LogP contribution in [0.4, 0.5) is 13.2 Å². The topological polar surface area (TPSA) is 47.3 Å². The molecule has 18 heavy (non-hydrogen) atoms. The van der Waals surface area contributed by atoms with E-state index in [1.807, 2.05) is 0 Å². The average molecular weight is 260 g/mol. The Bertz CT molecular complexity index is 405. The fourth-order valence-electron chi connectivity index (χ4n) is 1.96. The van der Waals surface area contributed by atoms with E-state index in [-0.39, 0.29) is 11.8 Å². The minimum atomic E-state index is -4.69. The van der Waals surface area contributed by atoms with Gasteiger partial charge in [-0.25, -0.2) is 0 Å². The van der Waals surface area contributed by atoms with E-state index in [0.29, 0.717) is 11.5 Å². The van der Waals surface area contributed by atoms with Gasteiger partial charge >= 0.3 is 6.36 Å². The normalized spacial score (nSPS) is 17.6. The maximum Gasteiger partial charge on any atom is 0.573 e. The number of halogens is 3. The summed E-state index contributed by atoms with van der Waals surface area (Å²) in [5.74, 6) is 5.79. The Labute approximate surface area is 103 Å². The molecule has 1 atom stereocenters. The third kappa shape index (κ3) is 3.61. The number of hydrazine groups is 1. The van der Waals surface area contributed by atoms with Crippen LogP contribution in [0.3, 0.4) is 0 Å². The number of hydrogen-bond donors (Lipinski definition) is 2. The fourth-order valence-corrected chi connectivity index (χ4v) is 1.96. The quantitative estimate of drug-likeness (QED) is 0.632. The van der Waals surface area contributed by atoms with Crippen LogP contribution in [0.5, 0.6) is 5.75 Å². The lowest BCUT2D eigenvalue weighted by Gasteiger charge is -2.20. The van der Waals surface area contributed by atoms with Gasteiger partial charge in [-0.2, -0.15) is 0 Å². The zero-order valence-corrected chi connectivity index (χ0v) is 9.70. The van der Waals surface area contributed by atoms with Crippen LogP contribution in [0.25, 0.3) is 0 Å². The van der Waals surface area contributed by atoms with E-state index in [4.69, 9.17) is 5.84 Å². The minimum Gasteiger partial charge on any atom is -0.405 e. The van der Waals surface area contributed by atoms with Crippen LogP contribution in [0, 0.1) is 5.92 Å². The lowest BCUT2D eigenvalue weighted by atomic mass is 10.0. The third-order valence-corrected chi connectivity index (χ3v) is 2.99. The van der Waals surface area contributed by atoms with Crippen LogP contribution in [-0.2, 0) is 0 Å². The van der Waals surface area contributed by atoms with Gasteiger partial charge in [0, 0.05) is 11.6 Å². The smallest absolute Gasteiger partial charge is 0.405 e. The van der Waals surface area contributed by atoms with Crippen molar-refractivity contribution in [2.45, 2.75) is 31.7 Å². The maximum atomic E-state index is 12.3. The molecule has 100 valence electrons. The van der Waals surface area contributed by atoms with Crippen molar-refractivity contribution in [3.8, 4) is 5.75 Å². The second-order valence-corrected chi connectivity index (χ2v) is 4.48. The van der Waals surface area contributed by atoms with Crippen LogP contribution in [0.1, 0.15) is 30.9 Å². The molecule has 0 spiro atoms. The standard InChI is InChI=1S/C12H15F3N2O/c13-12(14,15)18-11-4-2-1-3-9(11)10(17-16)7-8-5-6-8/h1-4,8,10,17H,5-7,16H2. The Morgan fingerprint density at radius 3 is 2.56 bits per heavy atom. The predicted molar refractivity (Wildman–Crippen MR) is 60.5 cm³/mol. The third-order valence-electron chi connectivity index (χ3n) is 2.99. The molecule has 1 unspecified atom stereocenters. The number of nitrogens with two attached hydrogens (primary N) is 1.